The lowest BCUT2D eigenvalue weighted by Crippen LogP contribution is -2.41. The highest BCUT2D eigenvalue weighted by Crippen LogP contribution is 2.12. The summed E-state index contributed by atoms with van der Waals surface area (Å²) in [5, 5.41) is 0. The quantitative estimate of drug-likeness (QED) is 0.624. The molecule has 0 saturated heterocycles. The minimum atomic E-state index is -0.464. The van der Waals surface area contributed by atoms with Gasteiger partial charge in [0.25, 0.3) is 0 Å². The Morgan fingerprint density at radius 2 is 1.71 bits per heavy atom. The third-order valence-corrected chi connectivity index (χ3v) is 3.21. The molecule has 2 N–H and O–H groups in total. The van der Waals surface area contributed by atoms with Crippen molar-refractivity contribution in [1.29, 1.82) is 0 Å². The Bertz CT molecular complexity index is 447. The van der Waals surface area contributed by atoms with Crippen LogP contribution in [0.1, 0.15) is 57.5 Å². The average molecular weight is 292 g/mol. The highest BCUT2D eigenvalue weighted by Gasteiger charge is 2.17. The fourth-order valence-electron chi connectivity index (χ4n) is 1.58. The fourth-order valence-corrected chi connectivity index (χ4v) is 1.58. The monoisotopic (exact) mass is 292 g/mol. The van der Waals surface area contributed by atoms with Crippen LogP contribution in [0.5, 0.6) is 0 Å². The van der Waals surface area contributed by atoms with Crippen LogP contribution in [0.3, 0.4) is 0 Å². The smallest absolute Gasteiger partial charge is 0.338 e. The van der Waals surface area contributed by atoms with Gasteiger partial charge in [0.2, 0.25) is 0 Å². The van der Waals surface area contributed by atoms with Gasteiger partial charge in [-0.1, -0.05) is 26.0 Å². The molecule has 0 saturated carbocycles. The van der Waals surface area contributed by atoms with Crippen molar-refractivity contribution in [3.8, 4) is 0 Å². The summed E-state index contributed by atoms with van der Waals surface area (Å²) in [5.41, 5.74) is 7.69. The molecule has 0 bridgehead atoms. The van der Waals surface area contributed by atoms with E-state index in [2.05, 4.69) is 31.6 Å². The number of nitrogens with one attached hydrogen (secondary N) is 2. The maximum absolute atomic E-state index is 11.9. The van der Waals surface area contributed by atoms with Crippen LogP contribution in [-0.4, -0.2) is 17.6 Å². The molecule has 0 aliphatic rings. The molecular formula is C17H28N2O2. The van der Waals surface area contributed by atoms with Crippen LogP contribution >= 0.6 is 0 Å². The lowest BCUT2D eigenvalue weighted by atomic mass is 10.1. The summed E-state index contributed by atoms with van der Waals surface area (Å²) < 4.78 is 5.34. The normalized spacial score (nSPS) is 13.3. The number of hydrogen-bond acceptors (Lipinski definition) is 4. The van der Waals surface area contributed by atoms with Crippen molar-refractivity contribution in [2.45, 2.75) is 59.7 Å². The SMILES string of the molecule is CC(C)C(C)NNCc1ccc(C(=O)OC(C)(C)C)cc1. The molecule has 0 amide bonds. The van der Waals surface area contributed by atoms with Gasteiger partial charge in [0.15, 0.2) is 0 Å². The number of ether oxygens (including phenoxy) is 1. The van der Waals surface area contributed by atoms with E-state index in [9.17, 15) is 4.79 Å². The largest absolute Gasteiger partial charge is 0.456 e. The van der Waals surface area contributed by atoms with E-state index in [0.29, 0.717) is 24.1 Å². The third-order valence-electron chi connectivity index (χ3n) is 3.21. The summed E-state index contributed by atoms with van der Waals surface area (Å²) in [7, 11) is 0. The Morgan fingerprint density at radius 3 is 2.19 bits per heavy atom. The first kappa shape index (κ1) is 17.7. The number of hydrogen-bond donors (Lipinski definition) is 2. The second-order valence-electron chi connectivity index (χ2n) is 6.73. The molecule has 1 rings (SSSR count). The zero-order valence-electron chi connectivity index (χ0n) is 14.0. The molecule has 1 aromatic rings. The molecule has 1 unspecified atom stereocenters. The van der Waals surface area contributed by atoms with Gasteiger partial charge in [-0.05, 0) is 51.3 Å². The van der Waals surface area contributed by atoms with Gasteiger partial charge in [0, 0.05) is 12.6 Å². The van der Waals surface area contributed by atoms with Crippen molar-refractivity contribution < 1.29 is 9.53 Å². The zero-order chi connectivity index (χ0) is 16.0. The van der Waals surface area contributed by atoms with Crippen LogP contribution in [0.4, 0.5) is 0 Å². The maximum Gasteiger partial charge on any atom is 0.338 e. The van der Waals surface area contributed by atoms with Gasteiger partial charge in [-0.3, -0.25) is 10.9 Å². The molecule has 0 fully saturated rings. The van der Waals surface area contributed by atoms with Gasteiger partial charge in [0.05, 0.1) is 5.56 Å². The molecule has 21 heavy (non-hydrogen) atoms. The lowest BCUT2D eigenvalue weighted by Gasteiger charge is -2.19. The zero-order valence-corrected chi connectivity index (χ0v) is 14.0. The van der Waals surface area contributed by atoms with E-state index in [-0.39, 0.29) is 5.97 Å². The molecule has 1 aromatic carbocycles. The van der Waals surface area contributed by atoms with Crippen molar-refractivity contribution in [3.63, 3.8) is 0 Å². The lowest BCUT2D eigenvalue weighted by molar-refractivity contribution is 0.00695. The number of rotatable bonds is 6. The first-order chi connectivity index (χ1) is 9.69. The van der Waals surface area contributed by atoms with E-state index in [1.165, 1.54) is 0 Å². The van der Waals surface area contributed by atoms with Gasteiger partial charge in [-0.15, -0.1) is 0 Å². The molecule has 1 atom stereocenters. The van der Waals surface area contributed by atoms with Crippen LogP contribution < -0.4 is 10.9 Å². The van der Waals surface area contributed by atoms with Crippen molar-refractivity contribution in [2.24, 2.45) is 5.92 Å². The minimum Gasteiger partial charge on any atom is -0.456 e. The third kappa shape index (κ3) is 6.74. The first-order valence-electron chi connectivity index (χ1n) is 7.49. The van der Waals surface area contributed by atoms with Crippen LogP contribution in [0.15, 0.2) is 24.3 Å². The number of carbonyl (C=O) groups is 1. The minimum absolute atomic E-state index is 0.284. The van der Waals surface area contributed by atoms with E-state index in [4.69, 9.17) is 4.74 Å². The van der Waals surface area contributed by atoms with E-state index in [1.54, 1.807) is 12.1 Å². The Morgan fingerprint density at radius 1 is 1.14 bits per heavy atom. The van der Waals surface area contributed by atoms with Gasteiger partial charge >= 0.3 is 5.97 Å². The second-order valence-corrected chi connectivity index (χ2v) is 6.73. The molecule has 0 heterocycles. The molecule has 0 aliphatic carbocycles. The van der Waals surface area contributed by atoms with Gasteiger partial charge in [0.1, 0.15) is 5.60 Å². The number of hydrazine groups is 1. The standard InChI is InChI=1S/C17H28N2O2/c1-12(2)13(3)19-18-11-14-7-9-15(10-8-14)16(20)21-17(4,5)6/h7-10,12-13,18-19H,11H2,1-6H3. The summed E-state index contributed by atoms with van der Waals surface area (Å²) in [6, 6.07) is 7.89. The Labute approximate surface area is 128 Å². The van der Waals surface area contributed by atoms with Crippen LogP contribution in [-0.2, 0) is 11.3 Å². The summed E-state index contributed by atoms with van der Waals surface area (Å²) >= 11 is 0. The summed E-state index contributed by atoms with van der Waals surface area (Å²) in [5.74, 6) is 0.292. The van der Waals surface area contributed by atoms with Crippen LogP contribution in [0, 0.1) is 5.92 Å². The van der Waals surface area contributed by atoms with Crippen molar-refractivity contribution >= 4 is 5.97 Å². The Hall–Kier alpha value is -1.39. The molecule has 0 aliphatic heterocycles. The Balaban J connectivity index is 2.49. The summed E-state index contributed by atoms with van der Waals surface area (Å²) in [6.45, 7) is 12.8. The van der Waals surface area contributed by atoms with E-state index >= 15 is 0 Å². The molecule has 0 spiro atoms. The summed E-state index contributed by atoms with van der Waals surface area (Å²) in [4.78, 5) is 11.9. The molecule has 0 radical (unpaired) electrons. The Kier molecular flexibility index (Phi) is 6.37. The second kappa shape index (κ2) is 7.57. The predicted octanol–water partition coefficient (Wildman–Crippen LogP) is 3.28. The summed E-state index contributed by atoms with van der Waals surface area (Å²) in [6.07, 6.45) is 0. The van der Waals surface area contributed by atoms with Gasteiger partial charge < -0.3 is 4.74 Å². The van der Waals surface area contributed by atoms with Crippen LogP contribution in [0.25, 0.3) is 0 Å². The number of esters is 1. The number of benzene rings is 1. The molecule has 0 aromatic heterocycles. The molecule has 118 valence electrons. The molecule has 4 heteroatoms. The maximum atomic E-state index is 11.9. The topological polar surface area (TPSA) is 50.4 Å². The molecular weight excluding hydrogens is 264 g/mol. The molecule has 4 nitrogen and oxygen atoms in total. The van der Waals surface area contributed by atoms with E-state index in [0.717, 1.165) is 5.56 Å². The van der Waals surface area contributed by atoms with E-state index < -0.39 is 5.60 Å². The van der Waals surface area contributed by atoms with Crippen molar-refractivity contribution in [1.82, 2.24) is 10.9 Å². The van der Waals surface area contributed by atoms with Crippen LogP contribution in [0.2, 0.25) is 0 Å². The van der Waals surface area contributed by atoms with Crippen molar-refractivity contribution in [3.05, 3.63) is 35.4 Å². The van der Waals surface area contributed by atoms with E-state index in [1.807, 2.05) is 32.9 Å². The number of carbonyl (C=O) groups excluding carboxylic acids is 1. The van der Waals surface area contributed by atoms with Gasteiger partial charge in [-0.2, -0.15) is 0 Å². The first-order valence-corrected chi connectivity index (χ1v) is 7.49. The highest BCUT2D eigenvalue weighted by atomic mass is 16.6. The van der Waals surface area contributed by atoms with Crippen molar-refractivity contribution in [2.75, 3.05) is 0 Å². The predicted molar refractivity (Wildman–Crippen MR) is 85.9 cm³/mol. The van der Waals surface area contributed by atoms with Gasteiger partial charge in [-0.25, -0.2) is 4.79 Å². The fraction of sp³-hybridized carbons (Fsp3) is 0.588. The highest BCUT2D eigenvalue weighted by molar-refractivity contribution is 5.89. The average Bonchev–Trinajstić information content (AvgIpc) is 2.37.